The average molecular weight is 350 g/mol. The van der Waals surface area contributed by atoms with Gasteiger partial charge in [-0.25, -0.2) is 4.98 Å². The molecule has 1 fully saturated rings. The van der Waals surface area contributed by atoms with Crippen LogP contribution in [0.3, 0.4) is 0 Å². The van der Waals surface area contributed by atoms with Gasteiger partial charge in [0.05, 0.1) is 24.4 Å². The Bertz CT molecular complexity index is 958. The highest BCUT2D eigenvalue weighted by atomic mass is 16.5. The van der Waals surface area contributed by atoms with Crippen LogP contribution in [-0.2, 0) is 0 Å². The van der Waals surface area contributed by atoms with Crippen LogP contribution < -0.4 is 4.74 Å². The van der Waals surface area contributed by atoms with Crippen LogP contribution in [0.15, 0.2) is 51.7 Å². The number of ether oxygens (including phenoxy) is 1. The molecule has 0 radical (unpaired) electrons. The average Bonchev–Trinajstić information content (AvgIpc) is 3.41. The van der Waals surface area contributed by atoms with E-state index in [0.29, 0.717) is 42.5 Å². The second-order valence-corrected chi connectivity index (χ2v) is 5.83. The quantitative estimate of drug-likeness (QED) is 0.711. The molecule has 1 amide bonds. The van der Waals surface area contributed by atoms with Crippen molar-refractivity contribution < 1.29 is 18.5 Å². The Labute approximate surface area is 148 Å². The van der Waals surface area contributed by atoms with Crippen molar-refractivity contribution in [3.63, 3.8) is 0 Å². The first kappa shape index (κ1) is 15.9. The number of hydrogen-bond donors (Lipinski definition) is 0. The highest BCUT2D eigenvalue weighted by molar-refractivity contribution is 5.93. The van der Waals surface area contributed by atoms with E-state index < -0.39 is 0 Å². The van der Waals surface area contributed by atoms with Crippen LogP contribution >= 0.6 is 0 Å². The van der Waals surface area contributed by atoms with Crippen LogP contribution in [0, 0.1) is 11.3 Å². The van der Waals surface area contributed by atoms with Gasteiger partial charge in [0.25, 0.3) is 5.91 Å². The summed E-state index contributed by atoms with van der Waals surface area (Å²) in [5, 5.41) is 12.8. The maximum Gasteiger partial charge on any atom is 0.276 e. The second kappa shape index (κ2) is 6.72. The van der Waals surface area contributed by atoms with E-state index in [1.165, 1.54) is 12.5 Å². The smallest absolute Gasteiger partial charge is 0.276 e. The molecular weight excluding hydrogens is 336 g/mol. The van der Waals surface area contributed by atoms with Crippen molar-refractivity contribution in [1.82, 2.24) is 15.0 Å². The number of amides is 1. The lowest BCUT2D eigenvalue weighted by atomic mass is 10.3. The first-order valence-corrected chi connectivity index (χ1v) is 8.05. The predicted octanol–water partition coefficient (Wildman–Crippen LogP) is 2.49. The Morgan fingerprint density at radius 3 is 3.08 bits per heavy atom. The van der Waals surface area contributed by atoms with Gasteiger partial charge in [0.2, 0.25) is 11.6 Å². The zero-order valence-corrected chi connectivity index (χ0v) is 13.7. The zero-order chi connectivity index (χ0) is 17.9. The summed E-state index contributed by atoms with van der Waals surface area (Å²) in [6, 6.07) is 10.3. The lowest BCUT2D eigenvalue weighted by Crippen LogP contribution is -2.31. The van der Waals surface area contributed by atoms with Gasteiger partial charge in [-0.1, -0.05) is 5.16 Å². The van der Waals surface area contributed by atoms with Crippen molar-refractivity contribution in [3.8, 4) is 23.5 Å². The number of furan rings is 1. The normalized spacial score (nSPS) is 16.4. The standard InChI is InChI=1S/C18H14N4O4/c19-10-12-3-5-20-17(8-12)25-13-4-6-22(11-13)18(23)14-9-16(26-21-14)15-2-1-7-24-15/h1-3,5,7-9,13H,4,6,11H2. The maximum absolute atomic E-state index is 12.6. The van der Waals surface area contributed by atoms with Gasteiger partial charge in [0, 0.05) is 31.3 Å². The van der Waals surface area contributed by atoms with Gasteiger partial charge in [-0.15, -0.1) is 0 Å². The summed E-state index contributed by atoms with van der Waals surface area (Å²) in [7, 11) is 0. The minimum Gasteiger partial charge on any atom is -0.472 e. The van der Waals surface area contributed by atoms with Gasteiger partial charge in [-0.2, -0.15) is 5.26 Å². The van der Waals surface area contributed by atoms with Crippen LogP contribution in [0.1, 0.15) is 22.5 Å². The number of rotatable bonds is 4. The molecule has 0 saturated carbocycles. The van der Waals surface area contributed by atoms with E-state index in [1.807, 2.05) is 6.07 Å². The number of carbonyl (C=O) groups excluding carboxylic acids is 1. The van der Waals surface area contributed by atoms with Crippen molar-refractivity contribution in [2.24, 2.45) is 0 Å². The minimum absolute atomic E-state index is 0.183. The van der Waals surface area contributed by atoms with E-state index in [2.05, 4.69) is 10.1 Å². The van der Waals surface area contributed by atoms with Crippen LogP contribution in [0.4, 0.5) is 0 Å². The molecule has 0 aliphatic carbocycles. The fourth-order valence-electron chi connectivity index (χ4n) is 2.80. The summed E-state index contributed by atoms with van der Waals surface area (Å²) >= 11 is 0. The second-order valence-electron chi connectivity index (χ2n) is 5.83. The number of aromatic nitrogens is 2. The molecule has 0 aromatic carbocycles. The van der Waals surface area contributed by atoms with E-state index in [9.17, 15) is 4.79 Å². The van der Waals surface area contributed by atoms with Gasteiger partial charge < -0.3 is 18.6 Å². The molecule has 1 atom stereocenters. The largest absolute Gasteiger partial charge is 0.472 e. The third-order valence-electron chi connectivity index (χ3n) is 4.08. The van der Waals surface area contributed by atoms with Crippen LogP contribution in [0.2, 0.25) is 0 Å². The third-order valence-corrected chi connectivity index (χ3v) is 4.08. The molecule has 3 aromatic rings. The number of hydrogen-bond acceptors (Lipinski definition) is 7. The van der Waals surface area contributed by atoms with Gasteiger partial charge in [-0.05, 0) is 18.2 Å². The Kier molecular flexibility index (Phi) is 4.11. The Hall–Kier alpha value is -3.60. The Morgan fingerprint density at radius 2 is 2.27 bits per heavy atom. The summed E-state index contributed by atoms with van der Waals surface area (Å²) in [6.07, 6.45) is 3.54. The molecule has 0 bridgehead atoms. The van der Waals surface area contributed by atoms with E-state index in [-0.39, 0.29) is 17.7 Å². The number of nitriles is 1. The highest BCUT2D eigenvalue weighted by Crippen LogP contribution is 2.23. The molecule has 130 valence electrons. The lowest BCUT2D eigenvalue weighted by Gasteiger charge is -2.15. The summed E-state index contributed by atoms with van der Waals surface area (Å²) in [5.74, 6) is 1.08. The molecule has 3 aromatic heterocycles. The minimum atomic E-state index is -0.226. The Balaban J connectivity index is 1.40. The van der Waals surface area contributed by atoms with Gasteiger partial charge >= 0.3 is 0 Å². The molecule has 4 heterocycles. The molecule has 8 heteroatoms. The lowest BCUT2D eigenvalue weighted by molar-refractivity contribution is 0.0761. The molecule has 4 rings (SSSR count). The van der Waals surface area contributed by atoms with Crippen LogP contribution in [0.5, 0.6) is 5.88 Å². The number of nitrogens with zero attached hydrogens (tertiary/aromatic N) is 4. The van der Waals surface area contributed by atoms with Crippen molar-refractivity contribution in [1.29, 1.82) is 5.26 Å². The fourth-order valence-corrected chi connectivity index (χ4v) is 2.80. The first-order valence-electron chi connectivity index (χ1n) is 8.05. The predicted molar refractivity (Wildman–Crippen MR) is 88.1 cm³/mol. The Morgan fingerprint density at radius 1 is 1.35 bits per heavy atom. The molecule has 1 aliphatic heterocycles. The number of pyridine rings is 1. The molecule has 8 nitrogen and oxygen atoms in total. The van der Waals surface area contributed by atoms with Crippen LogP contribution in [-0.4, -0.2) is 40.1 Å². The van der Waals surface area contributed by atoms with Gasteiger partial charge in [0.1, 0.15) is 6.10 Å². The fraction of sp³-hybridized carbons (Fsp3) is 0.222. The summed E-state index contributed by atoms with van der Waals surface area (Å²) in [4.78, 5) is 18.3. The van der Waals surface area contributed by atoms with Crippen LogP contribution in [0.25, 0.3) is 11.5 Å². The van der Waals surface area contributed by atoms with E-state index in [0.717, 1.165) is 0 Å². The SMILES string of the molecule is N#Cc1ccnc(OC2CCN(C(=O)c3cc(-c4ccco4)on3)C2)c1. The molecule has 1 unspecified atom stereocenters. The van der Waals surface area contributed by atoms with E-state index >= 15 is 0 Å². The molecule has 0 spiro atoms. The van der Waals surface area contributed by atoms with Crippen molar-refractivity contribution in [2.45, 2.75) is 12.5 Å². The molecule has 0 N–H and O–H groups in total. The van der Waals surface area contributed by atoms with Gasteiger partial charge in [-0.3, -0.25) is 4.79 Å². The van der Waals surface area contributed by atoms with Crippen molar-refractivity contribution in [2.75, 3.05) is 13.1 Å². The number of carbonyl (C=O) groups is 1. The van der Waals surface area contributed by atoms with E-state index in [1.54, 1.807) is 35.2 Å². The third kappa shape index (κ3) is 3.15. The van der Waals surface area contributed by atoms with Crippen molar-refractivity contribution in [3.05, 3.63) is 54.0 Å². The molecule has 26 heavy (non-hydrogen) atoms. The van der Waals surface area contributed by atoms with E-state index in [4.69, 9.17) is 18.9 Å². The van der Waals surface area contributed by atoms with Crippen molar-refractivity contribution >= 4 is 5.91 Å². The van der Waals surface area contributed by atoms with Gasteiger partial charge in [0.15, 0.2) is 11.5 Å². The maximum atomic E-state index is 12.6. The molecule has 1 saturated heterocycles. The first-order chi connectivity index (χ1) is 12.7. The summed E-state index contributed by atoms with van der Waals surface area (Å²) in [6.45, 7) is 0.963. The highest BCUT2D eigenvalue weighted by Gasteiger charge is 2.30. The molecular formula is C18H14N4O4. The monoisotopic (exact) mass is 350 g/mol. The number of likely N-dealkylation sites (tertiary alicyclic amines) is 1. The summed E-state index contributed by atoms with van der Waals surface area (Å²) in [5.41, 5.74) is 0.704. The zero-order valence-electron chi connectivity index (χ0n) is 13.7. The summed E-state index contributed by atoms with van der Waals surface area (Å²) < 4.78 is 16.2. The topological polar surface area (TPSA) is 105 Å². The molecule has 1 aliphatic rings.